The Morgan fingerprint density at radius 3 is 2.80 bits per heavy atom. The summed E-state index contributed by atoms with van der Waals surface area (Å²) in [5.74, 6) is -0.535. The summed E-state index contributed by atoms with van der Waals surface area (Å²) >= 11 is 0. The highest BCUT2D eigenvalue weighted by atomic mass is 16.2. The van der Waals surface area contributed by atoms with Gasteiger partial charge < -0.3 is 15.6 Å². The molecule has 0 bridgehead atoms. The molecule has 2 aromatic rings. The minimum Gasteiger partial charge on any atom is -0.366 e. The maximum atomic E-state index is 12.2. The molecule has 3 N–H and O–H groups in total. The summed E-state index contributed by atoms with van der Waals surface area (Å²) in [7, 11) is 0. The topological polar surface area (TPSA) is 77.1 Å². The highest BCUT2D eigenvalue weighted by molar-refractivity contribution is 6.01. The van der Waals surface area contributed by atoms with Crippen LogP contribution in [0.1, 0.15) is 34.7 Å². The maximum Gasteiger partial charge on any atom is 0.267 e. The molecule has 1 aliphatic heterocycles. The molecule has 0 spiro atoms. The summed E-state index contributed by atoms with van der Waals surface area (Å²) in [5, 5.41) is 3.88. The summed E-state index contributed by atoms with van der Waals surface area (Å²) < 4.78 is 1.98. The molecule has 2 heterocycles. The Morgan fingerprint density at radius 2 is 2.10 bits per heavy atom. The maximum absolute atomic E-state index is 12.2. The highest BCUT2D eigenvalue weighted by Gasteiger charge is 2.28. The van der Waals surface area contributed by atoms with Crippen molar-refractivity contribution >= 4 is 22.7 Å². The second-order valence-electron chi connectivity index (χ2n) is 6.10. The number of nitrogens with two attached hydrogens (primary N) is 1. The summed E-state index contributed by atoms with van der Waals surface area (Å²) in [5.41, 5.74) is 7.25. The van der Waals surface area contributed by atoms with Crippen molar-refractivity contribution in [1.29, 1.82) is 0 Å². The number of benzene rings is 1. The van der Waals surface area contributed by atoms with Crippen LogP contribution in [0, 0.1) is 5.41 Å². The molecule has 1 aliphatic rings. The van der Waals surface area contributed by atoms with Crippen LogP contribution < -0.4 is 11.1 Å². The Hall–Kier alpha value is -2.30. The molecule has 0 saturated heterocycles. The fourth-order valence-corrected chi connectivity index (χ4v) is 2.66. The van der Waals surface area contributed by atoms with Crippen molar-refractivity contribution in [1.82, 2.24) is 9.88 Å². The van der Waals surface area contributed by atoms with Crippen LogP contribution in [0.5, 0.6) is 0 Å². The molecule has 5 nitrogen and oxygen atoms in total. The number of rotatable bonds is 1. The van der Waals surface area contributed by atoms with Gasteiger partial charge in [-0.25, -0.2) is 0 Å². The third kappa shape index (κ3) is 1.95. The van der Waals surface area contributed by atoms with Gasteiger partial charge in [0.2, 0.25) is 5.91 Å². The third-order valence-corrected chi connectivity index (χ3v) is 3.74. The van der Waals surface area contributed by atoms with E-state index in [2.05, 4.69) is 19.2 Å². The number of nitrogens with zero attached hydrogens (tertiary/aromatic N) is 1. The van der Waals surface area contributed by atoms with E-state index in [1.165, 1.54) is 0 Å². The molecular formula is C15H17N3O2. The number of amides is 2. The molecule has 0 aliphatic carbocycles. The Morgan fingerprint density at radius 1 is 1.35 bits per heavy atom. The molecule has 0 unspecified atom stereocenters. The third-order valence-electron chi connectivity index (χ3n) is 3.74. The second-order valence-corrected chi connectivity index (χ2v) is 6.10. The average molecular weight is 271 g/mol. The van der Waals surface area contributed by atoms with E-state index >= 15 is 0 Å². The molecule has 3 rings (SSSR count). The van der Waals surface area contributed by atoms with Crippen molar-refractivity contribution in [2.45, 2.75) is 20.4 Å². The van der Waals surface area contributed by atoms with Gasteiger partial charge in [0.1, 0.15) is 5.69 Å². The largest absolute Gasteiger partial charge is 0.366 e. The van der Waals surface area contributed by atoms with Crippen LogP contribution in [0.4, 0.5) is 0 Å². The van der Waals surface area contributed by atoms with Gasteiger partial charge in [-0.05, 0) is 18.2 Å². The van der Waals surface area contributed by atoms with E-state index in [4.69, 9.17) is 5.73 Å². The Balaban J connectivity index is 2.26. The van der Waals surface area contributed by atoms with Gasteiger partial charge in [-0.2, -0.15) is 0 Å². The molecule has 104 valence electrons. The van der Waals surface area contributed by atoms with Gasteiger partial charge in [-0.3, -0.25) is 9.59 Å². The summed E-state index contributed by atoms with van der Waals surface area (Å²) in [6.07, 6.45) is 0. The number of hydrogen-bond donors (Lipinski definition) is 2. The average Bonchev–Trinajstić information content (AvgIpc) is 2.68. The van der Waals surface area contributed by atoms with Crippen LogP contribution in [-0.2, 0) is 6.54 Å². The van der Waals surface area contributed by atoms with Gasteiger partial charge in [0.05, 0.1) is 0 Å². The van der Waals surface area contributed by atoms with E-state index < -0.39 is 5.91 Å². The lowest BCUT2D eigenvalue weighted by Gasteiger charge is -2.23. The normalized spacial score (nSPS) is 17.4. The minimum atomic E-state index is -0.459. The van der Waals surface area contributed by atoms with Gasteiger partial charge in [-0.15, -0.1) is 0 Å². The molecule has 20 heavy (non-hydrogen) atoms. The lowest BCUT2D eigenvalue weighted by atomic mass is 9.93. The van der Waals surface area contributed by atoms with Crippen LogP contribution >= 0.6 is 0 Å². The molecule has 2 amide bonds. The van der Waals surface area contributed by atoms with Crippen molar-refractivity contribution in [2.24, 2.45) is 11.1 Å². The summed E-state index contributed by atoms with van der Waals surface area (Å²) in [4.78, 5) is 23.5. The molecular weight excluding hydrogens is 254 g/mol. The van der Waals surface area contributed by atoms with Gasteiger partial charge in [0, 0.05) is 35.0 Å². The zero-order chi connectivity index (χ0) is 14.5. The summed E-state index contributed by atoms with van der Waals surface area (Å²) in [6, 6.07) is 7.14. The number of carbonyl (C=O) groups is 2. The molecule has 1 aromatic heterocycles. The molecule has 0 saturated carbocycles. The van der Waals surface area contributed by atoms with Gasteiger partial charge in [0.15, 0.2) is 0 Å². The van der Waals surface area contributed by atoms with Gasteiger partial charge >= 0.3 is 0 Å². The van der Waals surface area contributed by atoms with Crippen molar-refractivity contribution < 1.29 is 9.59 Å². The molecule has 0 fully saturated rings. The molecule has 0 radical (unpaired) electrons. The first-order chi connectivity index (χ1) is 9.37. The van der Waals surface area contributed by atoms with Crippen LogP contribution in [-0.4, -0.2) is 22.9 Å². The van der Waals surface area contributed by atoms with Crippen molar-refractivity contribution in [3.05, 3.63) is 35.5 Å². The first-order valence-corrected chi connectivity index (χ1v) is 6.59. The van der Waals surface area contributed by atoms with Crippen LogP contribution in [0.2, 0.25) is 0 Å². The zero-order valence-corrected chi connectivity index (χ0v) is 11.6. The predicted molar refractivity (Wildman–Crippen MR) is 76.6 cm³/mol. The van der Waals surface area contributed by atoms with E-state index in [1.807, 2.05) is 16.7 Å². The van der Waals surface area contributed by atoms with E-state index in [-0.39, 0.29) is 11.3 Å². The number of aromatic nitrogens is 1. The first-order valence-electron chi connectivity index (χ1n) is 6.59. The zero-order valence-electron chi connectivity index (χ0n) is 11.6. The number of nitrogens with one attached hydrogen (secondary N) is 1. The van der Waals surface area contributed by atoms with Gasteiger partial charge in [-0.1, -0.05) is 19.9 Å². The minimum absolute atomic E-state index is 0.0460. The highest BCUT2D eigenvalue weighted by Crippen LogP contribution is 2.28. The standard InChI is InChI=1S/C15H17N3O2/c1-15(2)7-17-14(20)12-5-9-3-4-10(13(16)19)6-11(9)18(12)8-15/h3-6H,7-8H2,1-2H3,(H2,16,19)(H,17,20). The van der Waals surface area contributed by atoms with Crippen LogP contribution in [0.3, 0.4) is 0 Å². The molecule has 0 atom stereocenters. The second kappa shape index (κ2) is 4.10. The smallest absolute Gasteiger partial charge is 0.267 e. The predicted octanol–water partition coefficient (Wildman–Crippen LogP) is 1.51. The molecule has 1 aromatic carbocycles. The van der Waals surface area contributed by atoms with Crippen molar-refractivity contribution in [3.8, 4) is 0 Å². The number of fused-ring (bicyclic) bond motifs is 3. The number of hydrogen-bond acceptors (Lipinski definition) is 2. The quantitative estimate of drug-likeness (QED) is 0.824. The Labute approximate surface area is 116 Å². The van der Waals surface area contributed by atoms with E-state index in [0.29, 0.717) is 24.3 Å². The number of carbonyl (C=O) groups excluding carboxylic acids is 2. The van der Waals surface area contributed by atoms with E-state index in [0.717, 1.165) is 10.9 Å². The van der Waals surface area contributed by atoms with Crippen molar-refractivity contribution in [2.75, 3.05) is 6.54 Å². The Kier molecular flexibility index (Phi) is 2.61. The fraction of sp³-hybridized carbons (Fsp3) is 0.333. The van der Waals surface area contributed by atoms with E-state index in [9.17, 15) is 9.59 Å². The monoisotopic (exact) mass is 271 g/mol. The number of primary amides is 1. The van der Waals surface area contributed by atoms with Crippen LogP contribution in [0.25, 0.3) is 10.9 Å². The molecule has 5 heteroatoms. The van der Waals surface area contributed by atoms with Crippen LogP contribution in [0.15, 0.2) is 24.3 Å². The fourth-order valence-electron chi connectivity index (χ4n) is 2.66. The Bertz CT molecular complexity index is 728. The SMILES string of the molecule is CC1(C)CNC(=O)c2cc3ccc(C(N)=O)cc3n2C1. The van der Waals surface area contributed by atoms with E-state index in [1.54, 1.807) is 12.1 Å². The van der Waals surface area contributed by atoms with Gasteiger partial charge in [0.25, 0.3) is 5.91 Å². The lowest BCUT2D eigenvalue weighted by Crippen LogP contribution is -2.31. The lowest BCUT2D eigenvalue weighted by molar-refractivity contribution is 0.0942. The first kappa shape index (κ1) is 12.7. The van der Waals surface area contributed by atoms with Crippen molar-refractivity contribution in [3.63, 3.8) is 0 Å². The summed E-state index contributed by atoms with van der Waals surface area (Å²) in [6.45, 7) is 5.55.